The van der Waals surface area contributed by atoms with Crippen molar-refractivity contribution in [3.8, 4) is 0 Å². The molecule has 6 heteroatoms. The highest BCUT2D eigenvalue weighted by Gasteiger charge is 2.21. The van der Waals surface area contributed by atoms with Gasteiger partial charge in [0.1, 0.15) is 12.2 Å². The SMILES string of the molecule is NOC(=O)/C(=C\c1ccc(Cl)cc1)C(=O)OCc1ccccc1. The van der Waals surface area contributed by atoms with Gasteiger partial charge in [-0.25, -0.2) is 9.59 Å². The molecule has 2 N–H and O–H groups in total. The third-order valence-corrected chi connectivity index (χ3v) is 3.19. The Kier molecular flexibility index (Phi) is 5.91. The molecule has 0 saturated heterocycles. The van der Waals surface area contributed by atoms with E-state index in [9.17, 15) is 9.59 Å². The van der Waals surface area contributed by atoms with Crippen LogP contribution in [0.3, 0.4) is 0 Å². The van der Waals surface area contributed by atoms with Gasteiger partial charge in [0.15, 0.2) is 0 Å². The zero-order valence-corrected chi connectivity index (χ0v) is 12.8. The van der Waals surface area contributed by atoms with Crippen LogP contribution in [0.2, 0.25) is 5.02 Å². The second-order valence-electron chi connectivity index (χ2n) is 4.58. The Labute approximate surface area is 138 Å². The smallest absolute Gasteiger partial charge is 0.364 e. The number of carbonyl (C=O) groups excluding carboxylic acids is 2. The predicted octanol–water partition coefficient (Wildman–Crippen LogP) is 2.88. The molecule has 5 nitrogen and oxygen atoms in total. The highest BCUT2D eigenvalue weighted by atomic mass is 35.5. The topological polar surface area (TPSA) is 78.6 Å². The number of esters is 1. The van der Waals surface area contributed by atoms with Crippen LogP contribution < -0.4 is 5.90 Å². The maximum Gasteiger partial charge on any atom is 0.364 e. The Hall–Kier alpha value is -2.63. The molecule has 0 amide bonds. The van der Waals surface area contributed by atoms with Crippen LogP contribution in [-0.4, -0.2) is 11.9 Å². The van der Waals surface area contributed by atoms with Crippen molar-refractivity contribution in [2.45, 2.75) is 6.61 Å². The van der Waals surface area contributed by atoms with Gasteiger partial charge in [-0.15, -0.1) is 0 Å². The number of rotatable bonds is 5. The first-order chi connectivity index (χ1) is 11.1. The predicted molar refractivity (Wildman–Crippen MR) is 85.9 cm³/mol. The minimum absolute atomic E-state index is 0.0372. The van der Waals surface area contributed by atoms with Crippen LogP contribution in [0, 0.1) is 0 Å². The lowest BCUT2D eigenvalue weighted by atomic mass is 10.1. The van der Waals surface area contributed by atoms with E-state index in [1.807, 2.05) is 18.2 Å². The summed E-state index contributed by atoms with van der Waals surface area (Å²) in [5, 5.41) is 0.539. The fourth-order valence-electron chi connectivity index (χ4n) is 1.79. The van der Waals surface area contributed by atoms with Crippen molar-refractivity contribution >= 4 is 29.6 Å². The number of ether oxygens (including phenoxy) is 1. The summed E-state index contributed by atoms with van der Waals surface area (Å²) in [6.07, 6.45) is 1.33. The monoisotopic (exact) mass is 331 g/mol. The fourth-order valence-corrected chi connectivity index (χ4v) is 1.92. The van der Waals surface area contributed by atoms with Crippen molar-refractivity contribution in [2.24, 2.45) is 5.90 Å². The number of benzene rings is 2. The lowest BCUT2D eigenvalue weighted by Crippen LogP contribution is -2.20. The minimum atomic E-state index is -0.974. The van der Waals surface area contributed by atoms with Gasteiger partial charge in [-0.3, -0.25) is 0 Å². The molecule has 23 heavy (non-hydrogen) atoms. The molecule has 0 spiro atoms. The average molecular weight is 332 g/mol. The molecule has 2 aromatic carbocycles. The summed E-state index contributed by atoms with van der Waals surface area (Å²) >= 11 is 5.79. The van der Waals surface area contributed by atoms with Gasteiger partial charge >= 0.3 is 11.9 Å². The first kappa shape index (κ1) is 16.7. The highest BCUT2D eigenvalue weighted by molar-refractivity contribution is 6.30. The third-order valence-electron chi connectivity index (χ3n) is 2.94. The molecule has 0 aliphatic heterocycles. The largest absolute Gasteiger partial charge is 0.457 e. The summed E-state index contributed by atoms with van der Waals surface area (Å²) < 4.78 is 5.12. The molecule has 0 aromatic heterocycles. The first-order valence-electron chi connectivity index (χ1n) is 6.69. The molecule has 0 saturated carbocycles. The Morgan fingerprint density at radius 1 is 1.00 bits per heavy atom. The van der Waals surface area contributed by atoms with E-state index in [1.54, 1.807) is 36.4 Å². The normalized spacial score (nSPS) is 11.0. The second kappa shape index (κ2) is 8.12. The summed E-state index contributed by atoms with van der Waals surface area (Å²) in [5.74, 6) is 3.08. The summed E-state index contributed by atoms with van der Waals surface area (Å²) in [6, 6.07) is 15.7. The van der Waals surface area contributed by atoms with Crippen molar-refractivity contribution in [3.05, 3.63) is 76.3 Å². The molecule has 0 unspecified atom stereocenters. The minimum Gasteiger partial charge on any atom is -0.457 e. The van der Waals surface area contributed by atoms with Gasteiger partial charge in [0, 0.05) is 5.02 Å². The Bertz CT molecular complexity index is 711. The Morgan fingerprint density at radius 2 is 1.65 bits per heavy atom. The number of halogens is 1. The number of hydrogen-bond acceptors (Lipinski definition) is 5. The summed E-state index contributed by atoms with van der Waals surface area (Å²) in [6.45, 7) is 0.0372. The molecule has 0 aliphatic carbocycles. The quantitative estimate of drug-likeness (QED) is 0.300. The van der Waals surface area contributed by atoms with E-state index in [1.165, 1.54) is 6.08 Å². The molecule has 2 aromatic rings. The summed E-state index contributed by atoms with van der Waals surface area (Å²) in [5.41, 5.74) is 1.09. The van der Waals surface area contributed by atoms with E-state index in [0.717, 1.165) is 5.56 Å². The van der Waals surface area contributed by atoms with Crippen LogP contribution in [0.4, 0.5) is 0 Å². The van der Waals surface area contributed by atoms with Crippen LogP contribution in [0.5, 0.6) is 0 Å². The number of carbonyl (C=O) groups is 2. The van der Waals surface area contributed by atoms with Crippen molar-refractivity contribution in [3.63, 3.8) is 0 Å². The van der Waals surface area contributed by atoms with E-state index in [0.29, 0.717) is 10.6 Å². The van der Waals surface area contributed by atoms with Crippen molar-refractivity contribution in [1.29, 1.82) is 0 Å². The number of hydrogen-bond donors (Lipinski definition) is 1. The standard InChI is InChI=1S/C17H14ClNO4/c18-14-8-6-12(7-9-14)10-15(17(21)23-19)16(20)22-11-13-4-2-1-3-5-13/h1-10H,11,19H2/b15-10-. The molecule has 0 radical (unpaired) electrons. The van der Waals surface area contributed by atoms with Gasteiger partial charge < -0.3 is 9.57 Å². The lowest BCUT2D eigenvalue weighted by Gasteiger charge is -2.07. The van der Waals surface area contributed by atoms with E-state index in [-0.39, 0.29) is 12.2 Å². The Morgan fingerprint density at radius 3 is 2.26 bits per heavy atom. The number of nitrogens with two attached hydrogens (primary N) is 1. The molecule has 118 valence electrons. The summed E-state index contributed by atoms with van der Waals surface area (Å²) in [7, 11) is 0. The van der Waals surface area contributed by atoms with E-state index in [2.05, 4.69) is 4.84 Å². The van der Waals surface area contributed by atoms with Gasteiger partial charge in [-0.2, -0.15) is 5.90 Å². The average Bonchev–Trinajstić information content (AvgIpc) is 2.59. The van der Waals surface area contributed by atoms with Gasteiger partial charge in [0.05, 0.1) is 0 Å². The van der Waals surface area contributed by atoms with Crippen LogP contribution in [-0.2, 0) is 25.8 Å². The molecular weight excluding hydrogens is 318 g/mol. The zero-order valence-electron chi connectivity index (χ0n) is 12.1. The molecule has 0 aliphatic rings. The summed E-state index contributed by atoms with van der Waals surface area (Å²) in [4.78, 5) is 28.0. The lowest BCUT2D eigenvalue weighted by molar-refractivity contribution is -0.148. The fraction of sp³-hybridized carbons (Fsp3) is 0.0588. The van der Waals surface area contributed by atoms with Crippen LogP contribution in [0.15, 0.2) is 60.2 Å². The molecule has 0 atom stereocenters. The van der Waals surface area contributed by atoms with Gasteiger partial charge in [0.25, 0.3) is 0 Å². The second-order valence-corrected chi connectivity index (χ2v) is 5.01. The maximum absolute atomic E-state index is 12.1. The highest BCUT2D eigenvalue weighted by Crippen LogP contribution is 2.14. The van der Waals surface area contributed by atoms with E-state index < -0.39 is 11.9 Å². The molecule has 2 rings (SSSR count). The van der Waals surface area contributed by atoms with Crippen LogP contribution in [0.25, 0.3) is 6.08 Å². The van der Waals surface area contributed by atoms with E-state index >= 15 is 0 Å². The van der Waals surface area contributed by atoms with E-state index in [4.69, 9.17) is 22.2 Å². The van der Waals surface area contributed by atoms with Crippen molar-refractivity contribution < 1.29 is 19.2 Å². The molecule has 0 heterocycles. The molecule has 0 fully saturated rings. The van der Waals surface area contributed by atoms with Gasteiger partial charge in [0.2, 0.25) is 0 Å². The van der Waals surface area contributed by atoms with Crippen LogP contribution >= 0.6 is 11.6 Å². The Balaban J connectivity index is 2.15. The third kappa shape index (κ3) is 4.95. The van der Waals surface area contributed by atoms with Crippen LogP contribution in [0.1, 0.15) is 11.1 Å². The maximum atomic E-state index is 12.1. The first-order valence-corrected chi connectivity index (χ1v) is 7.07. The van der Waals surface area contributed by atoms with Gasteiger partial charge in [-0.1, -0.05) is 54.1 Å². The molecular formula is C17H14ClNO4. The van der Waals surface area contributed by atoms with Crippen molar-refractivity contribution in [1.82, 2.24) is 0 Å². The van der Waals surface area contributed by atoms with Crippen molar-refractivity contribution in [2.75, 3.05) is 0 Å². The van der Waals surface area contributed by atoms with Gasteiger partial charge in [-0.05, 0) is 29.3 Å². The molecule has 0 bridgehead atoms. The zero-order chi connectivity index (χ0) is 16.7.